The quantitative estimate of drug-likeness (QED) is 0.656. The van der Waals surface area contributed by atoms with E-state index in [0.29, 0.717) is 0 Å². The Labute approximate surface area is 120 Å². The van der Waals surface area contributed by atoms with Crippen LogP contribution in [0.2, 0.25) is 0 Å². The molecule has 1 aromatic rings. The van der Waals surface area contributed by atoms with Gasteiger partial charge in [-0.25, -0.2) is 9.97 Å². The molecule has 110 valence electrons. The van der Waals surface area contributed by atoms with Crippen LogP contribution in [0, 0.1) is 0 Å². The Balaban J connectivity index is 1.92. The van der Waals surface area contributed by atoms with Gasteiger partial charge in [0, 0.05) is 51.7 Å². The van der Waals surface area contributed by atoms with Crippen LogP contribution in [-0.4, -0.2) is 60.1 Å². The van der Waals surface area contributed by atoms with E-state index < -0.39 is 0 Å². The van der Waals surface area contributed by atoms with Crippen molar-refractivity contribution in [3.63, 3.8) is 0 Å². The maximum atomic E-state index is 4.64. The van der Waals surface area contributed by atoms with Crippen molar-refractivity contribution in [2.75, 3.05) is 44.2 Å². The summed E-state index contributed by atoms with van der Waals surface area (Å²) in [7, 11) is 0. The van der Waals surface area contributed by atoms with E-state index in [2.05, 4.69) is 43.9 Å². The lowest BCUT2D eigenvalue weighted by Gasteiger charge is -2.36. The molecule has 0 radical (unpaired) electrons. The molecule has 1 aromatic heterocycles. The third kappa shape index (κ3) is 3.82. The van der Waals surface area contributed by atoms with Crippen LogP contribution >= 0.6 is 0 Å². The number of hydrogen-bond donors (Lipinski definition) is 1. The van der Waals surface area contributed by atoms with Gasteiger partial charge in [-0.15, -0.1) is 0 Å². The van der Waals surface area contributed by atoms with E-state index in [0.717, 1.165) is 57.6 Å². The Morgan fingerprint density at radius 1 is 1.20 bits per heavy atom. The molecule has 0 aromatic carbocycles. The fourth-order valence-electron chi connectivity index (χ4n) is 2.22. The minimum Gasteiger partial charge on any atom is -0.357 e. The summed E-state index contributed by atoms with van der Waals surface area (Å²) in [5.74, 6) is 1.85. The second-order valence-corrected chi connectivity index (χ2v) is 4.76. The highest BCUT2D eigenvalue weighted by atomic mass is 15.4. The lowest BCUT2D eigenvalue weighted by molar-refractivity contribution is 0.370. The summed E-state index contributed by atoms with van der Waals surface area (Å²) in [5, 5.41) is 3.37. The maximum absolute atomic E-state index is 4.64. The van der Waals surface area contributed by atoms with Crippen molar-refractivity contribution in [1.29, 1.82) is 0 Å². The van der Waals surface area contributed by atoms with Gasteiger partial charge in [0.15, 0.2) is 5.96 Å². The first-order valence-electron chi connectivity index (χ1n) is 7.40. The minimum absolute atomic E-state index is 0.822. The zero-order valence-corrected chi connectivity index (χ0v) is 12.4. The van der Waals surface area contributed by atoms with Crippen LogP contribution in [0.3, 0.4) is 0 Å². The second kappa shape index (κ2) is 7.67. The molecular weight excluding hydrogens is 252 g/mol. The van der Waals surface area contributed by atoms with Crippen molar-refractivity contribution in [3.05, 3.63) is 18.5 Å². The third-order valence-corrected chi connectivity index (χ3v) is 3.23. The molecule has 0 atom stereocenters. The van der Waals surface area contributed by atoms with Crippen LogP contribution in [0.1, 0.15) is 20.3 Å². The number of guanidine groups is 1. The smallest absolute Gasteiger partial charge is 0.225 e. The molecule has 2 rings (SSSR count). The van der Waals surface area contributed by atoms with Crippen molar-refractivity contribution >= 4 is 11.9 Å². The van der Waals surface area contributed by atoms with Gasteiger partial charge < -0.3 is 15.1 Å². The van der Waals surface area contributed by atoms with Gasteiger partial charge in [0.05, 0.1) is 0 Å². The SMILES string of the molecule is CCCN=C(NCC)N1CCN(c2ncccn2)CC1. The predicted octanol–water partition coefficient (Wildman–Crippen LogP) is 0.974. The highest BCUT2D eigenvalue weighted by molar-refractivity contribution is 5.80. The molecule has 0 saturated carbocycles. The first-order valence-corrected chi connectivity index (χ1v) is 7.40. The van der Waals surface area contributed by atoms with Crippen molar-refractivity contribution in [1.82, 2.24) is 20.2 Å². The molecule has 1 saturated heterocycles. The van der Waals surface area contributed by atoms with Crippen molar-refractivity contribution < 1.29 is 0 Å². The summed E-state index contributed by atoms with van der Waals surface area (Å²) in [6.45, 7) is 9.81. The zero-order valence-electron chi connectivity index (χ0n) is 12.4. The third-order valence-electron chi connectivity index (χ3n) is 3.23. The Morgan fingerprint density at radius 2 is 1.90 bits per heavy atom. The van der Waals surface area contributed by atoms with E-state index in [1.807, 2.05) is 6.07 Å². The molecule has 0 spiro atoms. The molecule has 0 amide bonds. The Hall–Kier alpha value is -1.85. The number of hydrogen-bond acceptors (Lipinski definition) is 4. The topological polar surface area (TPSA) is 56.7 Å². The van der Waals surface area contributed by atoms with Gasteiger partial charge in [0.25, 0.3) is 0 Å². The summed E-state index contributed by atoms with van der Waals surface area (Å²) >= 11 is 0. The van der Waals surface area contributed by atoms with Gasteiger partial charge in [-0.2, -0.15) is 0 Å². The number of nitrogens with zero attached hydrogens (tertiary/aromatic N) is 5. The highest BCUT2D eigenvalue weighted by Crippen LogP contribution is 2.09. The molecule has 2 heterocycles. The van der Waals surface area contributed by atoms with Crippen molar-refractivity contribution in [2.45, 2.75) is 20.3 Å². The van der Waals surface area contributed by atoms with Gasteiger partial charge >= 0.3 is 0 Å². The number of nitrogens with one attached hydrogen (secondary N) is 1. The van der Waals surface area contributed by atoms with Crippen LogP contribution in [0.25, 0.3) is 0 Å². The van der Waals surface area contributed by atoms with E-state index in [-0.39, 0.29) is 0 Å². The van der Waals surface area contributed by atoms with Crippen molar-refractivity contribution in [3.8, 4) is 0 Å². The number of anilines is 1. The predicted molar refractivity (Wildman–Crippen MR) is 82.1 cm³/mol. The average molecular weight is 276 g/mol. The van der Waals surface area contributed by atoms with Gasteiger partial charge in [-0.1, -0.05) is 6.92 Å². The largest absolute Gasteiger partial charge is 0.357 e. The molecular formula is C14H24N6. The first-order chi connectivity index (χ1) is 9.85. The maximum Gasteiger partial charge on any atom is 0.225 e. The average Bonchev–Trinajstić information content (AvgIpc) is 2.52. The summed E-state index contributed by atoms with van der Waals surface area (Å²) in [5.41, 5.74) is 0. The summed E-state index contributed by atoms with van der Waals surface area (Å²) < 4.78 is 0. The first kappa shape index (κ1) is 14.6. The monoisotopic (exact) mass is 276 g/mol. The Morgan fingerprint density at radius 3 is 2.50 bits per heavy atom. The Kier molecular flexibility index (Phi) is 5.58. The van der Waals surface area contributed by atoms with Crippen molar-refractivity contribution in [2.24, 2.45) is 4.99 Å². The van der Waals surface area contributed by atoms with Crippen LogP contribution in [0.5, 0.6) is 0 Å². The zero-order chi connectivity index (χ0) is 14.2. The fourth-order valence-corrected chi connectivity index (χ4v) is 2.22. The Bertz CT molecular complexity index is 411. The molecule has 1 aliphatic rings. The minimum atomic E-state index is 0.822. The number of rotatable bonds is 4. The molecule has 6 nitrogen and oxygen atoms in total. The van der Waals surface area contributed by atoms with Gasteiger partial charge in [-0.3, -0.25) is 4.99 Å². The van der Waals surface area contributed by atoms with E-state index in [9.17, 15) is 0 Å². The van der Waals surface area contributed by atoms with Crippen LogP contribution in [-0.2, 0) is 0 Å². The summed E-state index contributed by atoms with van der Waals surface area (Å²) in [4.78, 5) is 17.8. The summed E-state index contributed by atoms with van der Waals surface area (Å²) in [6.07, 6.45) is 4.66. The number of piperazine rings is 1. The van der Waals surface area contributed by atoms with E-state index in [1.54, 1.807) is 12.4 Å². The molecule has 6 heteroatoms. The number of aliphatic imine (C=N–C) groups is 1. The van der Waals surface area contributed by atoms with Crippen LogP contribution in [0.4, 0.5) is 5.95 Å². The second-order valence-electron chi connectivity index (χ2n) is 4.76. The number of aromatic nitrogens is 2. The van der Waals surface area contributed by atoms with Gasteiger partial charge in [0.1, 0.15) is 0 Å². The fraction of sp³-hybridized carbons (Fsp3) is 0.643. The van der Waals surface area contributed by atoms with E-state index in [1.165, 1.54) is 0 Å². The lowest BCUT2D eigenvalue weighted by atomic mass is 10.3. The van der Waals surface area contributed by atoms with Gasteiger partial charge in [-0.05, 0) is 19.4 Å². The molecule has 0 bridgehead atoms. The van der Waals surface area contributed by atoms with Crippen LogP contribution in [0.15, 0.2) is 23.5 Å². The molecule has 1 fully saturated rings. The van der Waals surface area contributed by atoms with Gasteiger partial charge in [0.2, 0.25) is 5.95 Å². The molecule has 1 aliphatic heterocycles. The lowest BCUT2D eigenvalue weighted by Crippen LogP contribution is -2.53. The standard InChI is InChI=1S/C14H24N6/c1-3-6-16-13(15-4-2)19-9-11-20(12-10-19)14-17-7-5-8-18-14/h5,7-8H,3-4,6,9-12H2,1-2H3,(H,15,16). The van der Waals surface area contributed by atoms with E-state index >= 15 is 0 Å². The molecule has 1 N–H and O–H groups in total. The molecule has 20 heavy (non-hydrogen) atoms. The normalized spacial score (nSPS) is 16.4. The highest BCUT2D eigenvalue weighted by Gasteiger charge is 2.20. The summed E-state index contributed by atoms with van der Waals surface area (Å²) in [6, 6.07) is 1.85. The molecule has 0 aliphatic carbocycles. The van der Waals surface area contributed by atoms with E-state index in [4.69, 9.17) is 0 Å². The molecule has 0 unspecified atom stereocenters. The van der Waals surface area contributed by atoms with Crippen LogP contribution < -0.4 is 10.2 Å².